The number of benzene rings is 1. The van der Waals surface area contributed by atoms with Gasteiger partial charge in [0.25, 0.3) is 0 Å². The Balaban J connectivity index is 1.18. The van der Waals surface area contributed by atoms with E-state index >= 15 is 0 Å². The van der Waals surface area contributed by atoms with Gasteiger partial charge in [-0.15, -0.1) is 0 Å². The molecule has 3 aliphatic rings. The smallest absolute Gasteiger partial charge is 0.407 e. The Morgan fingerprint density at radius 2 is 1.88 bits per heavy atom. The Bertz CT molecular complexity index is 1350. The molecule has 5 heterocycles. The van der Waals surface area contributed by atoms with Gasteiger partial charge in [-0.2, -0.15) is 5.10 Å². The van der Waals surface area contributed by atoms with E-state index in [2.05, 4.69) is 41.3 Å². The van der Waals surface area contributed by atoms with Gasteiger partial charge in [0.1, 0.15) is 12.4 Å². The van der Waals surface area contributed by atoms with E-state index in [4.69, 9.17) is 9.72 Å². The highest BCUT2D eigenvalue weighted by atomic mass is 16.5. The van der Waals surface area contributed by atoms with Gasteiger partial charge in [0.2, 0.25) is 5.91 Å². The molecule has 3 fully saturated rings. The van der Waals surface area contributed by atoms with Crippen molar-refractivity contribution in [2.75, 3.05) is 61.4 Å². The number of pyridine rings is 1. The molecule has 0 saturated carbocycles. The zero-order chi connectivity index (χ0) is 28.0. The monoisotopic (exact) mass is 561 g/mol. The minimum Gasteiger partial charge on any atom is -0.447 e. The molecule has 1 atom stereocenters. The summed E-state index contributed by atoms with van der Waals surface area (Å²) in [5, 5.41) is 20.9. The van der Waals surface area contributed by atoms with Crippen LogP contribution in [-0.2, 0) is 9.53 Å². The number of hydrogen-bond acceptors (Lipinski definition) is 9. The van der Waals surface area contributed by atoms with E-state index in [1.165, 1.54) is 0 Å². The quantitative estimate of drug-likeness (QED) is 0.267. The molecule has 3 aromatic rings. The average Bonchev–Trinajstić information content (AvgIpc) is 3.76. The lowest BCUT2D eigenvalue weighted by Gasteiger charge is -2.29. The number of carbonyl (C=O) groups is 2. The highest BCUT2D eigenvalue weighted by Crippen LogP contribution is 2.33. The van der Waals surface area contributed by atoms with Gasteiger partial charge in [0, 0.05) is 23.7 Å². The molecule has 0 aliphatic carbocycles. The zero-order valence-corrected chi connectivity index (χ0v) is 23.3. The van der Waals surface area contributed by atoms with E-state index in [-0.39, 0.29) is 30.7 Å². The summed E-state index contributed by atoms with van der Waals surface area (Å²) in [4.78, 5) is 34.9. The Morgan fingerprint density at radius 1 is 1.02 bits per heavy atom. The maximum absolute atomic E-state index is 13.0. The molecule has 5 N–H and O–H groups in total. The molecule has 2 amide bonds. The number of piperidine rings is 1. The molecule has 0 bridgehead atoms. The maximum atomic E-state index is 13.0. The summed E-state index contributed by atoms with van der Waals surface area (Å²) in [7, 11) is 0. The standard InChI is InChI=1S/C29H39N9O3/c39-27(18-37-13-1-2-14-37)34-25-7-8-26(32-22-5-6-24-20(16-22)17-31-36-24)35-28(25)38-15-3-4-23(38)19-41-29(40)33-21-9-11-30-12-10-21/h5-8,16-17,21,23,30H,1-4,9-15,18-19H2,(H,31,36)(H,32,35)(H,33,40)(H,34,39)/t23-/m0/s1. The van der Waals surface area contributed by atoms with Crippen molar-refractivity contribution in [2.45, 2.75) is 50.6 Å². The van der Waals surface area contributed by atoms with Crippen LogP contribution in [0.5, 0.6) is 0 Å². The zero-order valence-electron chi connectivity index (χ0n) is 23.3. The van der Waals surface area contributed by atoms with E-state index in [1.807, 2.05) is 30.3 Å². The Morgan fingerprint density at radius 3 is 2.73 bits per heavy atom. The van der Waals surface area contributed by atoms with Gasteiger partial charge in [0.05, 0.1) is 30.0 Å². The molecule has 0 unspecified atom stereocenters. The third-order valence-corrected chi connectivity index (χ3v) is 8.14. The number of aromatic nitrogens is 3. The minimum absolute atomic E-state index is 0.0342. The van der Waals surface area contributed by atoms with Gasteiger partial charge < -0.3 is 30.9 Å². The van der Waals surface area contributed by atoms with Crippen LogP contribution in [0.1, 0.15) is 38.5 Å². The number of alkyl carbamates (subject to hydrolysis) is 1. The van der Waals surface area contributed by atoms with Crippen LogP contribution in [0, 0.1) is 0 Å². The number of likely N-dealkylation sites (tertiary alicyclic amines) is 1. The van der Waals surface area contributed by atoms with Crippen molar-refractivity contribution >= 4 is 45.9 Å². The molecule has 12 heteroatoms. The van der Waals surface area contributed by atoms with Crippen LogP contribution in [0.15, 0.2) is 36.5 Å². The van der Waals surface area contributed by atoms with Crippen molar-refractivity contribution in [3.05, 3.63) is 36.5 Å². The van der Waals surface area contributed by atoms with Crippen molar-refractivity contribution in [1.82, 2.24) is 30.7 Å². The van der Waals surface area contributed by atoms with Crippen molar-refractivity contribution in [3.8, 4) is 0 Å². The molecule has 41 heavy (non-hydrogen) atoms. The Hall–Kier alpha value is -3.90. The number of carbonyl (C=O) groups excluding carboxylic acids is 2. The van der Waals surface area contributed by atoms with Crippen LogP contribution < -0.4 is 26.2 Å². The first kappa shape index (κ1) is 27.3. The second-order valence-corrected chi connectivity index (χ2v) is 11.2. The average molecular weight is 562 g/mol. The molecule has 218 valence electrons. The summed E-state index contributed by atoms with van der Waals surface area (Å²) in [5.41, 5.74) is 2.51. The lowest BCUT2D eigenvalue weighted by atomic mass is 10.1. The van der Waals surface area contributed by atoms with E-state index in [1.54, 1.807) is 6.20 Å². The number of hydrogen-bond donors (Lipinski definition) is 5. The van der Waals surface area contributed by atoms with Crippen molar-refractivity contribution < 1.29 is 14.3 Å². The normalized spacial score (nSPS) is 19.9. The van der Waals surface area contributed by atoms with Gasteiger partial charge in [-0.25, -0.2) is 9.78 Å². The fourth-order valence-corrected chi connectivity index (χ4v) is 5.97. The van der Waals surface area contributed by atoms with Crippen molar-refractivity contribution in [1.29, 1.82) is 0 Å². The number of nitrogens with zero attached hydrogens (tertiary/aromatic N) is 4. The lowest BCUT2D eigenvalue weighted by molar-refractivity contribution is -0.117. The fraction of sp³-hybridized carbons (Fsp3) is 0.517. The van der Waals surface area contributed by atoms with Crippen molar-refractivity contribution in [2.24, 2.45) is 0 Å². The molecular formula is C29H39N9O3. The van der Waals surface area contributed by atoms with Gasteiger partial charge in [-0.1, -0.05) is 0 Å². The first-order valence-corrected chi connectivity index (χ1v) is 14.7. The number of H-pyrrole nitrogens is 1. The molecular weight excluding hydrogens is 522 g/mol. The predicted molar refractivity (Wildman–Crippen MR) is 159 cm³/mol. The Kier molecular flexibility index (Phi) is 8.47. The number of fused-ring (bicyclic) bond motifs is 1. The molecule has 2 aromatic heterocycles. The van der Waals surface area contributed by atoms with Crippen LogP contribution in [0.2, 0.25) is 0 Å². The molecule has 3 aliphatic heterocycles. The summed E-state index contributed by atoms with van der Waals surface area (Å²) in [6.45, 7) is 5.10. The predicted octanol–water partition coefficient (Wildman–Crippen LogP) is 3.18. The molecule has 6 rings (SSSR count). The van der Waals surface area contributed by atoms with Gasteiger partial charge in [0.15, 0.2) is 5.82 Å². The van der Waals surface area contributed by atoms with E-state index in [9.17, 15) is 9.59 Å². The minimum atomic E-state index is -0.374. The van der Waals surface area contributed by atoms with Crippen LogP contribution >= 0.6 is 0 Å². The molecule has 3 saturated heterocycles. The number of rotatable bonds is 9. The van der Waals surface area contributed by atoms with E-state index < -0.39 is 0 Å². The number of ether oxygens (including phenoxy) is 1. The highest BCUT2D eigenvalue weighted by Gasteiger charge is 2.30. The number of aromatic amines is 1. The van der Waals surface area contributed by atoms with Gasteiger partial charge in [-0.05, 0) is 95.0 Å². The third kappa shape index (κ3) is 6.88. The van der Waals surface area contributed by atoms with Crippen LogP contribution in [-0.4, -0.2) is 90.0 Å². The summed E-state index contributed by atoms with van der Waals surface area (Å²) < 4.78 is 5.69. The SMILES string of the molecule is O=C(CN1CCCC1)Nc1ccc(Nc2ccc3[nH]ncc3c2)nc1N1CCC[C@H]1COC(=O)NC1CCNCC1. The number of amides is 2. The van der Waals surface area contributed by atoms with Crippen molar-refractivity contribution in [3.63, 3.8) is 0 Å². The van der Waals surface area contributed by atoms with Crippen LogP contribution in [0.3, 0.4) is 0 Å². The number of nitrogens with one attached hydrogen (secondary N) is 5. The fourth-order valence-electron chi connectivity index (χ4n) is 5.97. The summed E-state index contributed by atoms with van der Waals surface area (Å²) in [6.07, 6.45) is 7.30. The van der Waals surface area contributed by atoms with Crippen LogP contribution in [0.4, 0.5) is 27.8 Å². The summed E-state index contributed by atoms with van der Waals surface area (Å²) in [6, 6.07) is 9.85. The first-order valence-electron chi connectivity index (χ1n) is 14.7. The highest BCUT2D eigenvalue weighted by molar-refractivity contribution is 5.95. The first-order chi connectivity index (χ1) is 20.1. The largest absolute Gasteiger partial charge is 0.447 e. The van der Waals surface area contributed by atoms with Gasteiger partial charge in [-0.3, -0.25) is 14.8 Å². The molecule has 0 radical (unpaired) electrons. The molecule has 0 spiro atoms. The molecule has 1 aromatic carbocycles. The third-order valence-electron chi connectivity index (χ3n) is 8.14. The second kappa shape index (κ2) is 12.7. The topological polar surface area (TPSA) is 140 Å². The summed E-state index contributed by atoms with van der Waals surface area (Å²) >= 11 is 0. The molecule has 12 nitrogen and oxygen atoms in total. The second-order valence-electron chi connectivity index (χ2n) is 11.2. The van der Waals surface area contributed by atoms with E-state index in [0.717, 1.165) is 87.8 Å². The Labute approximate surface area is 239 Å². The van der Waals surface area contributed by atoms with Crippen LogP contribution in [0.25, 0.3) is 10.9 Å². The summed E-state index contributed by atoms with van der Waals surface area (Å²) in [5.74, 6) is 1.30. The maximum Gasteiger partial charge on any atom is 0.407 e. The number of anilines is 4. The van der Waals surface area contributed by atoms with E-state index in [0.29, 0.717) is 23.9 Å². The lowest BCUT2D eigenvalue weighted by Crippen LogP contribution is -2.44. The van der Waals surface area contributed by atoms with Gasteiger partial charge >= 0.3 is 6.09 Å².